The van der Waals surface area contributed by atoms with Crippen LogP contribution in [0.2, 0.25) is 0 Å². The summed E-state index contributed by atoms with van der Waals surface area (Å²) in [5, 5.41) is 3.75. The lowest BCUT2D eigenvalue weighted by Gasteiger charge is -2.46. The van der Waals surface area contributed by atoms with Crippen molar-refractivity contribution in [2.45, 2.75) is 38.8 Å². The van der Waals surface area contributed by atoms with E-state index < -0.39 is 5.66 Å². The van der Waals surface area contributed by atoms with Crippen LogP contribution in [0.3, 0.4) is 0 Å². The molecular formula is C16H21N3O2. The predicted molar refractivity (Wildman–Crippen MR) is 80.3 cm³/mol. The number of likely N-dealkylation sites (tertiary alicyclic amines) is 1. The number of nitrogens with zero attached hydrogens (tertiary/aromatic N) is 3. The SMILES string of the molecule is CC(C)(N1CCCC1=O)N1C(=O)CCN1c1ccccc1. The van der Waals surface area contributed by atoms with Crippen LogP contribution in [0.15, 0.2) is 30.3 Å². The Kier molecular flexibility index (Phi) is 3.35. The Morgan fingerprint density at radius 3 is 2.29 bits per heavy atom. The van der Waals surface area contributed by atoms with Crippen molar-refractivity contribution in [1.82, 2.24) is 9.91 Å². The van der Waals surface area contributed by atoms with Gasteiger partial charge in [-0.25, -0.2) is 5.01 Å². The minimum atomic E-state index is -0.628. The number of carbonyl (C=O) groups excluding carboxylic acids is 2. The Morgan fingerprint density at radius 2 is 1.67 bits per heavy atom. The fourth-order valence-electron chi connectivity index (χ4n) is 3.33. The van der Waals surface area contributed by atoms with Gasteiger partial charge in [0.1, 0.15) is 5.66 Å². The van der Waals surface area contributed by atoms with Crippen molar-refractivity contribution in [3.63, 3.8) is 0 Å². The van der Waals surface area contributed by atoms with Crippen molar-refractivity contribution in [1.29, 1.82) is 0 Å². The van der Waals surface area contributed by atoms with Gasteiger partial charge in [0.15, 0.2) is 0 Å². The molecule has 3 rings (SSSR count). The number of rotatable bonds is 3. The second-order valence-electron chi connectivity index (χ2n) is 6.06. The molecule has 21 heavy (non-hydrogen) atoms. The molecular weight excluding hydrogens is 266 g/mol. The van der Waals surface area contributed by atoms with Gasteiger partial charge in [-0.2, -0.15) is 0 Å². The van der Waals surface area contributed by atoms with E-state index in [0.29, 0.717) is 19.4 Å². The van der Waals surface area contributed by atoms with E-state index in [1.54, 1.807) is 5.01 Å². The predicted octanol–water partition coefficient (Wildman–Crippen LogP) is 2.00. The minimum absolute atomic E-state index is 0.0727. The number of hydrazine groups is 1. The number of hydrogen-bond acceptors (Lipinski definition) is 3. The van der Waals surface area contributed by atoms with Crippen molar-refractivity contribution in [3.05, 3.63) is 30.3 Å². The molecule has 1 aromatic carbocycles. The van der Waals surface area contributed by atoms with E-state index in [0.717, 1.165) is 18.7 Å². The molecule has 1 aromatic rings. The first kappa shape index (κ1) is 13.9. The molecule has 2 aliphatic heterocycles. The number of benzene rings is 1. The standard InChI is InChI=1S/C16H21N3O2/c1-16(2,17-11-6-9-14(17)20)19-15(21)10-12-18(19)13-7-4-3-5-8-13/h3-5,7-8H,6,9-12H2,1-2H3. The number of para-hydroxylation sites is 1. The van der Waals surface area contributed by atoms with Gasteiger partial charge in [-0.3, -0.25) is 14.6 Å². The molecule has 0 unspecified atom stereocenters. The summed E-state index contributed by atoms with van der Waals surface area (Å²) in [7, 11) is 0. The molecule has 0 saturated carbocycles. The van der Waals surface area contributed by atoms with E-state index in [-0.39, 0.29) is 11.8 Å². The monoisotopic (exact) mass is 287 g/mol. The van der Waals surface area contributed by atoms with E-state index in [4.69, 9.17) is 0 Å². The maximum absolute atomic E-state index is 12.4. The smallest absolute Gasteiger partial charge is 0.245 e. The highest BCUT2D eigenvalue weighted by Gasteiger charge is 2.46. The summed E-state index contributed by atoms with van der Waals surface area (Å²) < 4.78 is 0. The number of amides is 2. The molecule has 2 heterocycles. The first-order valence-electron chi connectivity index (χ1n) is 7.48. The molecule has 2 aliphatic rings. The molecule has 5 heteroatoms. The van der Waals surface area contributed by atoms with Crippen molar-refractivity contribution >= 4 is 17.5 Å². The molecule has 112 valence electrons. The Hall–Kier alpha value is -2.04. The zero-order valence-electron chi connectivity index (χ0n) is 12.6. The molecule has 0 radical (unpaired) electrons. The van der Waals surface area contributed by atoms with Gasteiger partial charge in [-0.1, -0.05) is 18.2 Å². The summed E-state index contributed by atoms with van der Waals surface area (Å²) in [4.78, 5) is 26.3. The zero-order valence-corrected chi connectivity index (χ0v) is 12.6. The first-order chi connectivity index (χ1) is 10.0. The van der Waals surface area contributed by atoms with Gasteiger partial charge in [0, 0.05) is 25.9 Å². The van der Waals surface area contributed by atoms with Crippen molar-refractivity contribution in [2.75, 3.05) is 18.1 Å². The lowest BCUT2D eigenvalue weighted by Crippen LogP contribution is -2.62. The first-order valence-corrected chi connectivity index (χ1v) is 7.48. The normalized spacial score (nSPS) is 19.8. The van der Waals surface area contributed by atoms with Crippen LogP contribution >= 0.6 is 0 Å². The Balaban J connectivity index is 1.94. The lowest BCUT2D eigenvalue weighted by atomic mass is 10.2. The highest BCUT2D eigenvalue weighted by molar-refractivity contribution is 5.84. The molecule has 0 N–H and O–H groups in total. The minimum Gasteiger partial charge on any atom is -0.318 e. The summed E-state index contributed by atoms with van der Waals surface area (Å²) in [5.41, 5.74) is 0.361. The zero-order chi connectivity index (χ0) is 15.0. The third kappa shape index (κ3) is 2.26. The summed E-state index contributed by atoms with van der Waals surface area (Å²) in [5.74, 6) is 0.205. The highest BCUT2D eigenvalue weighted by Crippen LogP contribution is 2.33. The van der Waals surface area contributed by atoms with E-state index >= 15 is 0 Å². The summed E-state index contributed by atoms with van der Waals surface area (Å²) >= 11 is 0. The van der Waals surface area contributed by atoms with Gasteiger partial charge in [0.05, 0.1) is 5.69 Å². The maximum Gasteiger partial charge on any atom is 0.245 e. The van der Waals surface area contributed by atoms with Gasteiger partial charge in [-0.05, 0) is 32.4 Å². The maximum atomic E-state index is 12.4. The summed E-state index contributed by atoms with van der Waals surface area (Å²) in [6.45, 7) is 5.29. The average Bonchev–Trinajstić information content (AvgIpc) is 3.06. The Labute approximate surface area is 125 Å². The van der Waals surface area contributed by atoms with E-state index in [1.165, 1.54) is 0 Å². The number of anilines is 1. The van der Waals surface area contributed by atoms with Crippen LogP contribution in [0.1, 0.15) is 33.1 Å². The third-order valence-electron chi connectivity index (χ3n) is 4.32. The molecule has 0 bridgehead atoms. The van der Waals surface area contributed by atoms with Gasteiger partial charge < -0.3 is 4.90 Å². The van der Waals surface area contributed by atoms with Crippen molar-refractivity contribution in [3.8, 4) is 0 Å². The third-order valence-corrected chi connectivity index (χ3v) is 4.32. The Bertz CT molecular complexity index is 556. The van der Waals surface area contributed by atoms with Crippen LogP contribution < -0.4 is 5.01 Å². The van der Waals surface area contributed by atoms with Crippen LogP contribution in [0, 0.1) is 0 Å². The molecule has 2 fully saturated rings. The van der Waals surface area contributed by atoms with Gasteiger partial charge in [0.2, 0.25) is 11.8 Å². The topological polar surface area (TPSA) is 43.9 Å². The van der Waals surface area contributed by atoms with E-state index in [1.807, 2.05) is 54.1 Å². The van der Waals surface area contributed by atoms with Crippen LogP contribution in [0.4, 0.5) is 5.69 Å². The number of carbonyl (C=O) groups is 2. The van der Waals surface area contributed by atoms with E-state index in [2.05, 4.69) is 0 Å². The molecule has 0 atom stereocenters. The fraction of sp³-hybridized carbons (Fsp3) is 0.500. The second kappa shape index (κ2) is 5.06. The Morgan fingerprint density at radius 1 is 0.952 bits per heavy atom. The quantitative estimate of drug-likeness (QED) is 0.854. The molecule has 0 aliphatic carbocycles. The lowest BCUT2D eigenvalue weighted by molar-refractivity contribution is -0.149. The van der Waals surface area contributed by atoms with Gasteiger partial charge >= 0.3 is 0 Å². The summed E-state index contributed by atoms with van der Waals surface area (Å²) in [6, 6.07) is 9.87. The van der Waals surface area contributed by atoms with Crippen LogP contribution in [-0.4, -0.2) is 40.5 Å². The fourth-order valence-corrected chi connectivity index (χ4v) is 3.33. The largest absolute Gasteiger partial charge is 0.318 e. The van der Waals surface area contributed by atoms with Crippen molar-refractivity contribution < 1.29 is 9.59 Å². The molecule has 2 saturated heterocycles. The van der Waals surface area contributed by atoms with Crippen LogP contribution in [-0.2, 0) is 9.59 Å². The van der Waals surface area contributed by atoms with Gasteiger partial charge in [-0.15, -0.1) is 0 Å². The molecule has 2 amide bonds. The van der Waals surface area contributed by atoms with Crippen molar-refractivity contribution in [2.24, 2.45) is 0 Å². The highest BCUT2D eigenvalue weighted by atomic mass is 16.2. The molecule has 0 spiro atoms. The van der Waals surface area contributed by atoms with Crippen LogP contribution in [0.25, 0.3) is 0 Å². The van der Waals surface area contributed by atoms with Gasteiger partial charge in [0.25, 0.3) is 0 Å². The van der Waals surface area contributed by atoms with E-state index in [9.17, 15) is 9.59 Å². The second-order valence-corrected chi connectivity index (χ2v) is 6.06. The average molecular weight is 287 g/mol. The molecule has 5 nitrogen and oxygen atoms in total. The van der Waals surface area contributed by atoms with Crippen LogP contribution in [0.5, 0.6) is 0 Å². The molecule has 0 aromatic heterocycles. The number of hydrogen-bond donors (Lipinski definition) is 0. The summed E-state index contributed by atoms with van der Waals surface area (Å²) in [6.07, 6.45) is 1.94.